The number of carbonyl (C=O) groups is 3. The topological polar surface area (TPSA) is 138 Å². The first-order valence-corrected chi connectivity index (χ1v) is 7.20. The molecule has 0 amide bonds. The Morgan fingerprint density at radius 3 is 2.00 bits per heavy atom. The average Bonchev–Trinajstić information content (AvgIpc) is 2.61. The van der Waals surface area contributed by atoms with E-state index >= 15 is 0 Å². The van der Waals surface area contributed by atoms with Crippen LogP contribution in [0.5, 0.6) is 5.75 Å². The molecule has 0 heterocycles. The molecule has 2 rings (SSSR count). The lowest BCUT2D eigenvalue weighted by molar-refractivity contribution is -0.138. The monoisotopic (exact) mass is 360 g/mol. The third-order valence-electron chi connectivity index (χ3n) is 3.35. The van der Waals surface area contributed by atoms with Crippen LogP contribution >= 0.6 is 0 Å². The molecule has 0 fully saturated rings. The maximum absolute atomic E-state index is 10.8. The molecule has 1 aliphatic rings. The Balaban J connectivity index is 0.000000273. The van der Waals surface area contributed by atoms with Gasteiger partial charge in [-0.25, -0.2) is 14.4 Å². The molecule has 0 radical (unpaired) electrons. The lowest BCUT2D eigenvalue weighted by Crippen LogP contribution is -2.21. The smallest absolute Gasteiger partial charge is 0.336 e. The molecule has 1 aliphatic carbocycles. The van der Waals surface area contributed by atoms with Gasteiger partial charge in [-0.2, -0.15) is 0 Å². The number of aromatic carboxylic acids is 1. The van der Waals surface area contributed by atoms with Crippen LogP contribution in [-0.2, 0) is 14.4 Å². The Kier molecular flexibility index (Phi) is 7.07. The fourth-order valence-electron chi connectivity index (χ4n) is 2.09. The van der Waals surface area contributed by atoms with Gasteiger partial charge in [0.1, 0.15) is 17.6 Å². The average molecular weight is 360 g/mol. The van der Waals surface area contributed by atoms with Crippen molar-refractivity contribution in [2.45, 2.75) is 6.92 Å². The zero-order valence-electron chi connectivity index (χ0n) is 13.9. The number of carboxylic acids is 3. The Bertz CT molecular complexity index is 823. The largest absolute Gasteiger partial charge is 0.497 e. The summed E-state index contributed by atoms with van der Waals surface area (Å²) < 4.78 is 4.86. The van der Waals surface area contributed by atoms with Gasteiger partial charge in [-0.05, 0) is 37.3 Å². The maximum atomic E-state index is 10.8. The van der Waals surface area contributed by atoms with E-state index in [-0.39, 0.29) is 16.7 Å². The van der Waals surface area contributed by atoms with E-state index in [4.69, 9.17) is 20.1 Å². The maximum Gasteiger partial charge on any atom is 0.336 e. The van der Waals surface area contributed by atoms with Gasteiger partial charge in [0.25, 0.3) is 0 Å². The number of allylic oxidation sites excluding steroid dienone is 2. The summed E-state index contributed by atoms with van der Waals surface area (Å²) in [7, 11) is 1.54. The van der Waals surface area contributed by atoms with Crippen molar-refractivity contribution in [3.8, 4) is 5.75 Å². The first kappa shape index (κ1) is 20.4. The fourth-order valence-corrected chi connectivity index (χ4v) is 2.09. The van der Waals surface area contributed by atoms with E-state index in [0.717, 1.165) is 0 Å². The summed E-state index contributed by atoms with van der Waals surface area (Å²) in [6, 6.07) is 6.23. The van der Waals surface area contributed by atoms with Crippen LogP contribution in [0.4, 0.5) is 0 Å². The van der Waals surface area contributed by atoms with Crippen molar-refractivity contribution < 1.29 is 39.2 Å². The number of methoxy groups -OCH3 is 1. The summed E-state index contributed by atoms with van der Waals surface area (Å²) in [5.41, 5.74) is 0.114. The highest BCUT2D eigenvalue weighted by atomic mass is 16.5. The zero-order chi connectivity index (χ0) is 19.9. The minimum absolute atomic E-state index is 0.269. The van der Waals surface area contributed by atoms with Gasteiger partial charge in [0.05, 0.1) is 23.8 Å². The normalized spacial score (nSPS) is 15.5. The minimum Gasteiger partial charge on any atom is -0.497 e. The van der Waals surface area contributed by atoms with Crippen molar-refractivity contribution in [3.05, 3.63) is 58.7 Å². The molecular formula is C18H16O8. The van der Waals surface area contributed by atoms with Crippen LogP contribution in [0.2, 0.25) is 0 Å². The quantitative estimate of drug-likeness (QED) is 0.691. The number of carbonyl (C=O) groups excluding carboxylic acids is 1. The number of benzene rings is 1. The van der Waals surface area contributed by atoms with E-state index in [1.54, 1.807) is 19.1 Å². The SMILES string of the molecule is CC1=CC(C(=O)O)C(=C=O)C(C(=O)O)=C1.COc1ccc(C(=O)O)cc1. The van der Waals surface area contributed by atoms with Crippen molar-refractivity contribution in [2.75, 3.05) is 7.11 Å². The predicted octanol–water partition coefficient (Wildman–Crippen LogP) is 1.81. The first-order valence-electron chi connectivity index (χ1n) is 7.20. The summed E-state index contributed by atoms with van der Waals surface area (Å²) in [5.74, 6) is -2.70. The zero-order valence-corrected chi connectivity index (χ0v) is 13.9. The first-order chi connectivity index (χ1) is 12.2. The van der Waals surface area contributed by atoms with Gasteiger partial charge < -0.3 is 20.1 Å². The van der Waals surface area contributed by atoms with E-state index in [1.807, 2.05) is 0 Å². The summed E-state index contributed by atoms with van der Waals surface area (Å²) >= 11 is 0. The Hall–Kier alpha value is -3.64. The van der Waals surface area contributed by atoms with Gasteiger partial charge in [0.15, 0.2) is 0 Å². The summed E-state index contributed by atoms with van der Waals surface area (Å²) in [4.78, 5) is 42.4. The molecule has 3 N–H and O–H groups in total. The Morgan fingerprint density at radius 1 is 1.04 bits per heavy atom. The summed E-state index contributed by atoms with van der Waals surface area (Å²) in [6.07, 6.45) is 2.57. The van der Waals surface area contributed by atoms with E-state index < -0.39 is 23.8 Å². The number of rotatable bonds is 4. The Labute approximate surface area is 148 Å². The molecule has 0 aromatic heterocycles. The second-order valence-corrected chi connectivity index (χ2v) is 5.14. The van der Waals surface area contributed by atoms with Crippen molar-refractivity contribution in [1.82, 2.24) is 0 Å². The minimum atomic E-state index is -1.33. The van der Waals surface area contributed by atoms with Gasteiger partial charge in [-0.3, -0.25) is 4.79 Å². The molecule has 8 heteroatoms. The van der Waals surface area contributed by atoms with Crippen LogP contribution in [0.25, 0.3) is 0 Å². The number of aliphatic carboxylic acids is 2. The second kappa shape index (κ2) is 9.00. The number of hydrogen-bond acceptors (Lipinski definition) is 5. The second-order valence-electron chi connectivity index (χ2n) is 5.14. The number of carboxylic acid groups (broad SMARTS) is 3. The molecule has 8 nitrogen and oxygen atoms in total. The Morgan fingerprint density at radius 2 is 1.62 bits per heavy atom. The van der Waals surface area contributed by atoms with Crippen LogP contribution in [0.15, 0.2) is 53.1 Å². The third-order valence-corrected chi connectivity index (χ3v) is 3.35. The third kappa shape index (κ3) is 5.19. The molecule has 0 spiro atoms. The van der Waals surface area contributed by atoms with Crippen molar-refractivity contribution in [1.29, 1.82) is 0 Å². The molecule has 136 valence electrons. The molecule has 1 aromatic rings. The highest BCUT2D eigenvalue weighted by molar-refractivity contribution is 6.00. The van der Waals surface area contributed by atoms with E-state index in [9.17, 15) is 19.2 Å². The van der Waals surface area contributed by atoms with Crippen molar-refractivity contribution >= 4 is 23.8 Å². The molecular weight excluding hydrogens is 344 g/mol. The number of ether oxygens (including phenoxy) is 1. The molecule has 0 bridgehead atoms. The van der Waals surface area contributed by atoms with Crippen LogP contribution in [0.3, 0.4) is 0 Å². The van der Waals surface area contributed by atoms with Crippen molar-refractivity contribution in [3.63, 3.8) is 0 Å². The fraction of sp³-hybridized carbons (Fsp3) is 0.167. The lowest BCUT2D eigenvalue weighted by Gasteiger charge is -2.15. The van der Waals surface area contributed by atoms with Crippen LogP contribution < -0.4 is 4.74 Å². The molecule has 0 saturated carbocycles. The van der Waals surface area contributed by atoms with Crippen LogP contribution in [0.1, 0.15) is 17.3 Å². The molecule has 1 unspecified atom stereocenters. The van der Waals surface area contributed by atoms with Gasteiger partial charge in [0, 0.05) is 0 Å². The van der Waals surface area contributed by atoms with E-state index in [0.29, 0.717) is 11.3 Å². The summed E-state index contributed by atoms with van der Waals surface area (Å²) in [5, 5.41) is 26.1. The standard InChI is InChI=1S/C10H8O5.C8H8O3/c1-5-2-6(9(12)13)8(4-11)7(3-5)10(14)15;1-11-7-4-2-6(3-5-7)8(9)10/h2-3,6H,1H3,(H,12,13)(H,14,15);2-5H,1H3,(H,9,10). The van der Waals surface area contributed by atoms with Gasteiger partial charge >= 0.3 is 17.9 Å². The predicted molar refractivity (Wildman–Crippen MR) is 89.8 cm³/mol. The van der Waals surface area contributed by atoms with Crippen LogP contribution in [0, 0.1) is 5.92 Å². The number of hydrogen-bond donors (Lipinski definition) is 3. The van der Waals surface area contributed by atoms with Crippen LogP contribution in [-0.4, -0.2) is 46.3 Å². The molecule has 0 aliphatic heterocycles. The highest BCUT2D eigenvalue weighted by Crippen LogP contribution is 2.27. The molecule has 0 saturated heterocycles. The molecule has 1 atom stereocenters. The van der Waals surface area contributed by atoms with E-state index in [1.165, 1.54) is 37.3 Å². The van der Waals surface area contributed by atoms with Crippen molar-refractivity contribution in [2.24, 2.45) is 5.92 Å². The van der Waals surface area contributed by atoms with Gasteiger partial charge in [0.2, 0.25) is 0 Å². The summed E-state index contributed by atoms with van der Waals surface area (Å²) in [6.45, 7) is 1.57. The van der Waals surface area contributed by atoms with Gasteiger partial charge in [-0.1, -0.05) is 11.6 Å². The molecule has 1 aromatic carbocycles. The highest BCUT2D eigenvalue weighted by Gasteiger charge is 2.30. The van der Waals surface area contributed by atoms with E-state index in [2.05, 4.69) is 0 Å². The van der Waals surface area contributed by atoms with Gasteiger partial charge in [-0.15, -0.1) is 0 Å². The lowest BCUT2D eigenvalue weighted by atomic mass is 9.86. The molecule has 26 heavy (non-hydrogen) atoms.